The molecule has 2 unspecified atom stereocenters. The molecule has 1 fully saturated rings. The van der Waals surface area contributed by atoms with Crippen LogP contribution >= 0.6 is 0 Å². The van der Waals surface area contributed by atoms with Gasteiger partial charge in [-0.3, -0.25) is 0 Å². The highest BCUT2D eigenvalue weighted by molar-refractivity contribution is 5.80. The van der Waals surface area contributed by atoms with Crippen LogP contribution in [-0.4, -0.2) is 14.7 Å². The van der Waals surface area contributed by atoms with Gasteiger partial charge in [0.1, 0.15) is 11.9 Å². The zero-order valence-electron chi connectivity index (χ0n) is 12.2. The molecule has 4 nitrogen and oxygen atoms in total. The molecule has 0 aliphatic heterocycles. The Morgan fingerprint density at radius 1 is 1.30 bits per heavy atom. The van der Waals surface area contributed by atoms with Crippen LogP contribution in [0.1, 0.15) is 57.5 Å². The van der Waals surface area contributed by atoms with Gasteiger partial charge in [0.15, 0.2) is 0 Å². The van der Waals surface area contributed by atoms with Gasteiger partial charge in [0.05, 0.1) is 11.0 Å². The van der Waals surface area contributed by atoms with Crippen molar-refractivity contribution >= 4 is 16.7 Å². The molecule has 0 amide bonds. The number of aliphatic hydroxyl groups is 1. The van der Waals surface area contributed by atoms with Crippen LogP contribution in [-0.2, 0) is 0 Å². The predicted octanol–water partition coefficient (Wildman–Crippen LogP) is 3.42. The molecule has 2 atom stereocenters. The molecule has 0 radical (unpaired) electrons. The Balaban J connectivity index is 2.13. The first-order chi connectivity index (χ1) is 9.58. The zero-order chi connectivity index (χ0) is 14.3. The van der Waals surface area contributed by atoms with E-state index in [2.05, 4.69) is 16.5 Å². The maximum Gasteiger partial charge on any atom is 0.138 e. The first kappa shape index (κ1) is 13.4. The molecule has 3 rings (SSSR count). The van der Waals surface area contributed by atoms with Crippen LogP contribution < -0.4 is 5.73 Å². The fraction of sp³-hybridized carbons (Fsp3) is 0.562. The fourth-order valence-corrected chi connectivity index (χ4v) is 3.51. The van der Waals surface area contributed by atoms with Crippen LogP contribution in [0.4, 0.5) is 5.69 Å². The number of fused-ring (bicyclic) bond motifs is 1. The number of hydrogen-bond donors (Lipinski definition) is 2. The van der Waals surface area contributed by atoms with Crippen molar-refractivity contribution in [2.24, 2.45) is 5.92 Å². The van der Waals surface area contributed by atoms with Gasteiger partial charge in [-0.1, -0.05) is 12.8 Å². The summed E-state index contributed by atoms with van der Waals surface area (Å²) in [7, 11) is 0. The van der Waals surface area contributed by atoms with Crippen LogP contribution in [0.25, 0.3) is 11.0 Å². The van der Waals surface area contributed by atoms with Gasteiger partial charge < -0.3 is 15.4 Å². The van der Waals surface area contributed by atoms with Crippen molar-refractivity contribution in [1.29, 1.82) is 0 Å². The van der Waals surface area contributed by atoms with Crippen LogP contribution in [0.2, 0.25) is 0 Å². The SMILES string of the molecule is CC(O)c1nc2cc(N)ccc2n1C(C)C1CCCC1. The average molecular weight is 273 g/mol. The summed E-state index contributed by atoms with van der Waals surface area (Å²) in [6.45, 7) is 4.03. The summed E-state index contributed by atoms with van der Waals surface area (Å²) < 4.78 is 2.22. The van der Waals surface area contributed by atoms with Gasteiger partial charge in [-0.15, -0.1) is 0 Å². The Hall–Kier alpha value is -1.55. The van der Waals surface area contributed by atoms with Crippen LogP contribution in [0.15, 0.2) is 18.2 Å². The zero-order valence-corrected chi connectivity index (χ0v) is 12.2. The molecule has 0 saturated heterocycles. The number of aliphatic hydroxyl groups excluding tert-OH is 1. The first-order valence-corrected chi connectivity index (χ1v) is 7.53. The number of aromatic nitrogens is 2. The lowest BCUT2D eigenvalue weighted by Gasteiger charge is -2.24. The van der Waals surface area contributed by atoms with E-state index in [1.807, 2.05) is 18.2 Å². The Morgan fingerprint density at radius 2 is 2.00 bits per heavy atom. The second-order valence-corrected chi connectivity index (χ2v) is 6.05. The number of nitrogens with zero attached hydrogens (tertiary/aromatic N) is 2. The third kappa shape index (κ3) is 2.18. The number of nitrogen functional groups attached to an aromatic ring is 1. The van der Waals surface area contributed by atoms with E-state index in [4.69, 9.17) is 5.73 Å². The molecule has 1 aliphatic rings. The molecule has 1 aliphatic carbocycles. The van der Waals surface area contributed by atoms with Gasteiger partial charge in [-0.05, 0) is 50.8 Å². The minimum absolute atomic E-state index is 0.371. The standard InChI is InChI=1S/C16H23N3O/c1-10(12-5-3-4-6-12)19-15-8-7-13(17)9-14(15)18-16(19)11(2)20/h7-12,20H,3-6,17H2,1-2H3. The monoisotopic (exact) mass is 273 g/mol. The molecule has 20 heavy (non-hydrogen) atoms. The lowest BCUT2D eigenvalue weighted by molar-refractivity contribution is 0.178. The van der Waals surface area contributed by atoms with Gasteiger partial charge in [-0.2, -0.15) is 0 Å². The van der Waals surface area contributed by atoms with E-state index >= 15 is 0 Å². The highest BCUT2D eigenvalue weighted by Crippen LogP contribution is 2.37. The van der Waals surface area contributed by atoms with E-state index < -0.39 is 6.10 Å². The van der Waals surface area contributed by atoms with Gasteiger partial charge in [0.25, 0.3) is 0 Å². The summed E-state index contributed by atoms with van der Waals surface area (Å²) in [5.74, 6) is 1.44. The molecule has 1 heterocycles. The van der Waals surface area contributed by atoms with E-state index in [-0.39, 0.29) is 0 Å². The highest BCUT2D eigenvalue weighted by Gasteiger charge is 2.27. The number of nitrogens with two attached hydrogens (primary N) is 1. The smallest absolute Gasteiger partial charge is 0.138 e. The molecule has 1 aromatic carbocycles. The van der Waals surface area contributed by atoms with E-state index in [1.54, 1.807) is 6.92 Å². The third-order valence-electron chi connectivity index (χ3n) is 4.60. The lowest BCUT2D eigenvalue weighted by Crippen LogP contribution is -2.17. The van der Waals surface area contributed by atoms with Crippen molar-refractivity contribution in [1.82, 2.24) is 9.55 Å². The van der Waals surface area contributed by atoms with Crippen molar-refractivity contribution in [3.63, 3.8) is 0 Å². The first-order valence-electron chi connectivity index (χ1n) is 7.53. The Morgan fingerprint density at radius 3 is 2.65 bits per heavy atom. The molecule has 2 aromatic rings. The largest absolute Gasteiger partial charge is 0.399 e. The Bertz CT molecular complexity index is 611. The predicted molar refractivity (Wildman–Crippen MR) is 81.4 cm³/mol. The van der Waals surface area contributed by atoms with Crippen molar-refractivity contribution < 1.29 is 5.11 Å². The van der Waals surface area contributed by atoms with Gasteiger partial charge in [0, 0.05) is 11.7 Å². The van der Waals surface area contributed by atoms with Gasteiger partial charge >= 0.3 is 0 Å². The average Bonchev–Trinajstić information content (AvgIpc) is 3.04. The van der Waals surface area contributed by atoms with Crippen molar-refractivity contribution in [3.05, 3.63) is 24.0 Å². The molecular formula is C16H23N3O. The van der Waals surface area contributed by atoms with Crippen LogP contribution in [0, 0.1) is 5.92 Å². The Kier molecular flexibility index (Phi) is 3.42. The van der Waals surface area contributed by atoms with Crippen molar-refractivity contribution in [2.75, 3.05) is 5.73 Å². The van der Waals surface area contributed by atoms with E-state index in [9.17, 15) is 5.11 Å². The molecule has 3 N–H and O–H groups in total. The molecule has 0 spiro atoms. The van der Waals surface area contributed by atoms with E-state index in [0.29, 0.717) is 17.6 Å². The topological polar surface area (TPSA) is 64.1 Å². The number of anilines is 1. The summed E-state index contributed by atoms with van der Waals surface area (Å²) in [5, 5.41) is 10.1. The lowest BCUT2D eigenvalue weighted by atomic mass is 9.99. The maximum absolute atomic E-state index is 10.1. The number of imidazole rings is 1. The Labute approximate surface area is 119 Å². The summed E-state index contributed by atoms with van der Waals surface area (Å²) in [6, 6.07) is 6.19. The minimum Gasteiger partial charge on any atom is -0.399 e. The quantitative estimate of drug-likeness (QED) is 0.842. The fourth-order valence-electron chi connectivity index (χ4n) is 3.51. The number of hydrogen-bond acceptors (Lipinski definition) is 3. The molecule has 1 aromatic heterocycles. The summed E-state index contributed by atoms with van der Waals surface area (Å²) in [6.07, 6.45) is 4.62. The van der Waals surface area contributed by atoms with Gasteiger partial charge in [0.2, 0.25) is 0 Å². The molecule has 108 valence electrons. The third-order valence-corrected chi connectivity index (χ3v) is 4.60. The maximum atomic E-state index is 10.1. The second kappa shape index (κ2) is 5.09. The molecule has 4 heteroatoms. The number of benzene rings is 1. The van der Waals surface area contributed by atoms with E-state index in [0.717, 1.165) is 16.9 Å². The van der Waals surface area contributed by atoms with Crippen molar-refractivity contribution in [2.45, 2.75) is 51.7 Å². The second-order valence-electron chi connectivity index (χ2n) is 6.05. The minimum atomic E-state index is -0.563. The van der Waals surface area contributed by atoms with Crippen LogP contribution in [0.5, 0.6) is 0 Å². The molecule has 0 bridgehead atoms. The molecule has 1 saturated carbocycles. The van der Waals surface area contributed by atoms with E-state index in [1.165, 1.54) is 25.7 Å². The normalized spacial score (nSPS) is 19.6. The van der Waals surface area contributed by atoms with Crippen molar-refractivity contribution in [3.8, 4) is 0 Å². The van der Waals surface area contributed by atoms with Crippen LogP contribution in [0.3, 0.4) is 0 Å². The summed E-state index contributed by atoms with van der Waals surface area (Å²) in [4.78, 5) is 4.60. The summed E-state index contributed by atoms with van der Waals surface area (Å²) in [5.41, 5.74) is 8.52. The highest BCUT2D eigenvalue weighted by atomic mass is 16.3. The number of rotatable bonds is 3. The molecular weight excluding hydrogens is 250 g/mol. The summed E-state index contributed by atoms with van der Waals surface area (Å²) >= 11 is 0. The van der Waals surface area contributed by atoms with Gasteiger partial charge in [-0.25, -0.2) is 4.98 Å².